The zero-order valence-electron chi connectivity index (χ0n) is 19.8. The zero-order valence-corrected chi connectivity index (χ0v) is 19.8. The Hall–Kier alpha value is -4.13. The van der Waals surface area contributed by atoms with E-state index in [0.29, 0.717) is 38.5 Å². The number of piperazine rings is 1. The Kier molecular flexibility index (Phi) is 6.75. The molecule has 0 unspecified atom stereocenters. The Morgan fingerprint density at radius 2 is 1.57 bits per heavy atom. The van der Waals surface area contributed by atoms with Crippen molar-refractivity contribution >= 4 is 22.5 Å². The van der Waals surface area contributed by atoms with E-state index in [1.54, 1.807) is 6.07 Å². The van der Waals surface area contributed by atoms with E-state index >= 15 is 0 Å². The summed E-state index contributed by atoms with van der Waals surface area (Å²) in [5, 5.41) is 11.3. The minimum atomic E-state index is -0.0239. The van der Waals surface area contributed by atoms with Crippen LogP contribution in [0.3, 0.4) is 0 Å². The van der Waals surface area contributed by atoms with Gasteiger partial charge in [-0.25, -0.2) is 0 Å². The van der Waals surface area contributed by atoms with Gasteiger partial charge in [-0.3, -0.25) is 4.79 Å². The number of fused-ring (bicyclic) bond motifs is 1. The van der Waals surface area contributed by atoms with Gasteiger partial charge in [0.1, 0.15) is 11.5 Å². The van der Waals surface area contributed by atoms with E-state index in [4.69, 9.17) is 9.47 Å². The summed E-state index contributed by atoms with van der Waals surface area (Å²) >= 11 is 0. The van der Waals surface area contributed by atoms with Crippen molar-refractivity contribution in [2.45, 2.75) is 6.92 Å². The van der Waals surface area contributed by atoms with Crippen molar-refractivity contribution in [2.75, 3.05) is 44.3 Å². The monoisotopic (exact) mass is 468 g/mol. The number of amides is 1. The van der Waals surface area contributed by atoms with Gasteiger partial charge in [0.15, 0.2) is 12.4 Å². The predicted molar refractivity (Wildman–Crippen MR) is 137 cm³/mol. The lowest BCUT2D eigenvalue weighted by Gasteiger charge is -2.35. The number of benzene rings is 3. The van der Waals surface area contributed by atoms with Crippen molar-refractivity contribution in [3.8, 4) is 22.8 Å². The Balaban J connectivity index is 1.15. The minimum absolute atomic E-state index is 0.00976. The highest BCUT2D eigenvalue weighted by Crippen LogP contribution is 2.24. The van der Waals surface area contributed by atoms with Gasteiger partial charge in [-0.15, -0.1) is 10.2 Å². The Morgan fingerprint density at radius 1 is 0.800 bits per heavy atom. The molecule has 3 aromatic carbocycles. The number of carbonyl (C=O) groups is 1. The molecule has 0 atom stereocenters. The summed E-state index contributed by atoms with van der Waals surface area (Å²) in [7, 11) is 0. The number of ether oxygens (including phenoxy) is 2. The fourth-order valence-corrected chi connectivity index (χ4v) is 4.24. The third-order valence-electron chi connectivity index (χ3n) is 6.13. The van der Waals surface area contributed by atoms with E-state index < -0.39 is 0 Å². The number of aromatic nitrogens is 2. The van der Waals surface area contributed by atoms with Crippen molar-refractivity contribution < 1.29 is 14.3 Å². The van der Waals surface area contributed by atoms with Gasteiger partial charge < -0.3 is 19.3 Å². The first-order valence-electron chi connectivity index (χ1n) is 11.9. The van der Waals surface area contributed by atoms with Gasteiger partial charge in [-0.2, -0.15) is 0 Å². The SMILES string of the molecule is CCOc1cccc(OCC(=O)N2CCN(c3ccc(-c4ccc5ccccc5c4)nn3)CC2)c1. The third kappa shape index (κ3) is 5.35. The fourth-order valence-electron chi connectivity index (χ4n) is 4.24. The molecule has 7 nitrogen and oxygen atoms in total. The molecule has 1 fully saturated rings. The number of hydrogen-bond donors (Lipinski definition) is 0. The molecular formula is C28H28N4O3. The van der Waals surface area contributed by atoms with E-state index in [1.165, 1.54) is 10.8 Å². The number of rotatable bonds is 7. The first-order chi connectivity index (χ1) is 17.2. The quantitative estimate of drug-likeness (QED) is 0.400. The molecule has 0 radical (unpaired) electrons. The largest absolute Gasteiger partial charge is 0.494 e. The normalized spacial score (nSPS) is 13.6. The Labute approximate surface area is 204 Å². The van der Waals surface area contributed by atoms with Crippen molar-refractivity contribution in [1.82, 2.24) is 15.1 Å². The van der Waals surface area contributed by atoms with Gasteiger partial charge in [0.05, 0.1) is 12.3 Å². The van der Waals surface area contributed by atoms with Crippen LogP contribution in [0.15, 0.2) is 78.9 Å². The highest BCUT2D eigenvalue weighted by atomic mass is 16.5. The average Bonchev–Trinajstić information content (AvgIpc) is 2.92. The lowest BCUT2D eigenvalue weighted by molar-refractivity contribution is -0.133. The number of hydrogen-bond acceptors (Lipinski definition) is 6. The second-order valence-electron chi connectivity index (χ2n) is 8.40. The molecule has 4 aromatic rings. The first kappa shape index (κ1) is 22.7. The van der Waals surface area contributed by atoms with Crippen LogP contribution in [0.1, 0.15) is 6.92 Å². The molecule has 0 bridgehead atoms. The highest BCUT2D eigenvalue weighted by Gasteiger charge is 2.22. The van der Waals surface area contributed by atoms with Crippen LogP contribution in [0.4, 0.5) is 5.82 Å². The van der Waals surface area contributed by atoms with Gasteiger partial charge in [0, 0.05) is 37.8 Å². The highest BCUT2D eigenvalue weighted by molar-refractivity contribution is 5.86. The number of carbonyl (C=O) groups excluding carboxylic acids is 1. The maximum Gasteiger partial charge on any atom is 0.260 e. The summed E-state index contributed by atoms with van der Waals surface area (Å²) in [6, 6.07) is 26.0. The molecule has 7 heteroatoms. The van der Waals surface area contributed by atoms with Crippen LogP contribution >= 0.6 is 0 Å². The third-order valence-corrected chi connectivity index (χ3v) is 6.13. The van der Waals surface area contributed by atoms with E-state index in [0.717, 1.165) is 22.8 Å². The first-order valence-corrected chi connectivity index (χ1v) is 11.9. The maximum atomic E-state index is 12.6. The summed E-state index contributed by atoms with van der Waals surface area (Å²) in [5.41, 5.74) is 1.89. The molecule has 1 saturated heterocycles. The summed E-state index contributed by atoms with van der Waals surface area (Å²) in [4.78, 5) is 16.6. The van der Waals surface area contributed by atoms with Crippen LogP contribution in [0.25, 0.3) is 22.0 Å². The summed E-state index contributed by atoms with van der Waals surface area (Å²) in [5.74, 6) is 2.17. The van der Waals surface area contributed by atoms with E-state index in [2.05, 4.69) is 45.4 Å². The van der Waals surface area contributed by atoms with Gasteiger partial charge in [0.2, 0.25) is 0 Å². The van der Waals surface area contributed by atoms with Crippen LogP contribution < -0.4 is 14.4 Å². The molecule has 5 rings (SSSR count). The average molecular weight is 469 g/mol. The van der Waals surface area contributed by atoms with Crippen LogP contribution in [-0.4, -0.2) is 60.4 Å². The summed E-state index contributed by atoms with van der Waals surface area (Å²) < 4.78 is 11.2. The second-order valence-corrected chi connectivity index (χ2v) is 8.40. The molecule has 178 valence electrons. The van der Waals surface area contributed by atoms with Crippen molar-refractivity contribution in [2.24, 2.45) is 0 Å². The van der Waals surface area contributed by atoms with Crippen LogP contribution in [-0.2, 0) is 4.79 Å². The van der Waals surface area contributed by atoms with E-state index in [9.17, 15) is 4.79 Å². The standard InChI is InChI=1S/C28H28N4O3/c1-2-34-24-8-5-9-25(19-24)35-20-28(33)32-16-14-31(15-17-32)27-13-12-26(29-30-27)23-11-10-21-6-3-4-7-22(21)18-23/h3-13,18-19H,2,14-17,20H2,1H3. The summed E-state index contributed by atoms with van der Waals surface area (Å²) in [6.07, 6.45) is 0. The molecule has 1 aliphatic rings. The molecule has 35 heavy (non-hydrogen) atoms. The molecule has 0 spiro atoms. The topological polar surface area (TPSA) is 67.8 Å². The number of anilines is 1. The zero-order chi connectivity index (χ0) is 24.0. The minimum Gasteiger partial charge on any atom is -0.494 e. The molecule has 1 amide bonds. The molecule has 0 N–H and O–H groups in total. The molecule has 1 aliphatic heterocycles. The van der Waals surface area contributed by atoms with E-state index in [1.807, 2.05) is 54.3 Å². The van der Waals surface area contributed by atoms with Crippen LogP contribution in [0.2, 0.25) is 0 Å². The lowest BCUT2D eigenvalue weighted by Crippen LogP contribution is -2.50. The number of nitrogens with zero attached hydrogens (tertiary/aromatic N) is 4. The van der Waals surface area contributed by atoms with Gasteiger partial charge in [0.25, 0.3) is 5.91 Å². The van der Waals surface area contributed by atoms with Crippen LogP contribution in [0.5, 0.6) is 11.5 Å². The molecule has 1 aromatic heterocycles. The van der Waals surface area contributed by atoms with Crippen molar-refractivity contribution in [1.29, 1.82) is 0 Å². The maximum absolute atomic E-state index is 12.6. The van der Waals surface area contributed by atoms with Gasteiger partial charge in [-0.1, -0.05) is 42.5 Å². The van der Waals surface area contributed by atoms with Gasteiger partial charge in [-0.05, 0) is 48.0 Å². The lowest BCUT2D eigenvalue weighted by atomic mass is 10.1. The van der Waals surface area contributed by atoms with Crippen LogP contribution in [0, 0.1) is 0 Å². The smallest absolute Gasteiger partial charge is 0.260 e. The predicted octanol–water partition coefficient (Wildman–Crippen LogP) is 4.42. The Bertz CT molecular complexity index is 1300. The Morgan fingerprint density at radius 3 is 2.31 bits per heavy atom. The molecule has 0 saturated carbocycles. The summed E-state index contributed by atoms with van der Waals surface area (Å²) in [6.45, 7) is 5.18. The van der Waals surface area contributed by atoms with Gasteiger partial charge >= 0.3 is 0 Å². The molecular weight excluding hydrogens is 440 g/mol. The molecule has 0 aliphatic carbocycles. The molecule has 2 heterocycles. The van der Waals surface area contributed by atoms with Crippen molar-refractivity contribution in [3.05, 3.63) is 78.9 Å². The second kappa shape index (κ2) is 10.4. The fraction of sp³-hybridized carbons (Fsp3) is 0.250. The van der Waals surface area contributed by atoms with E-state index in [-0.39, 0.29) is 12.5 Å². The van der Waals surface area contributed by atoms with Crippen molar-refractivity contribution in [3.63, 3.8) is 0 Å².